The fraction of sp³-hybridized carbons (Fsp3) is 0.750. The van der Waals surface area contributed by atoms with Crippen molar-refractivity contribution in [3.63, 3.8) is 0 Å². The van der Waals surface area contributed by atoms with Crippen LogP contribution in [0.2, 0.25) is 0 Å². The molecule has 0 amide bonds. The van der Waals surface area contributed by atoms with Crippen LogP contribution in [0.1, 0.15) is 32.1 Å². The van der Waals surface area contributed by atoms with Crippen molar-refractivity contribution in [2.24, 2.45) is 0 Å². The Balaban J connectivity index is 1.24. The molecule has 1 aromatic heterocycles. The highest BCUT2D eigenvalue weighted by molar-refractivity contribution is 5.29. The van der Waals surface area contributed by atoms with Crippen LogP contribution in [0.15, 0.2) is 18.5 Å². The van der Waals surface area contributed by atoms with E-state index in [2.05, 4.69) is 25.1 Å². The van der Waals surface area contributed by atoms with Gasteiger partial charge in [-0.3, -0.25) is 4.90 Å². The fourth-order valence-corrected chi connectivity index (χ4v) is 3.73. The Morgan fingerprint density at radius 2 is 1.62 bits per heavy atom. The summed E-state index contributed by atoms with van der Waals surface area (Å²) in [5.74, 6) is 0.886. The van der Waals surface area contributed by atoms with Crippen LogP contribution in [0.25, 0.3) is 0 Å². The second kappa shape index (κ2) is 5.89. The summed E-state index contributed by atoms with van der Waals surface area (Å²) in [6, 6.07) is 4.20. The van der Waals surface area contributed by atoms with Crippen LogP contribution in [0.5, 0.6) is 0 Å². The minimum absolute atomic E-state index is 0.675. The van der Waals surface area contributed by atoms with E-state index in [9.17, 15) is 0 Å². The SMILES string of the molecule is c1cnc(N2CCC(NC3CCN(C4CC4)C3)CC2)nc1. The minimum Gasteiger partial charge on any atom is -0.341 e. The van der Waals surface area contributed by atoms with Crippen LogP contribution in [-0.4, -0.2) is 59.2 Å². The van der Waals surface area contributed by atoms with Crippen LogP contribution >= 0.6 is 0 Å². The summed E-state index contributed by atoms with van der Waals surface area (Å²) in [6.45, 7) is 4.72. The van der Waals surface area contributed by atoms with E-state index in [-0.39, 0.29) is 0 Å². The van der Waals surface area contributed by atoms with E-state index in [1.54, 1.807) is 0 Å². The third-order valence-electron chi connectivity index (χ3n) is 5.08. The number of hydrogen-bond donors (Lipinski definition) is 1. The molecular weight excluding hydrogens is 262 g/mol. The third kappa shape index (κ3) is 3.19. The maximum absolute atomic E-state index is 4.35. The molecule has 1 aromatic rings. The van der Waals surface area contributed by atoms with Gasteiger partial charge in [0.1, 0.15) is 0 Å². The van der Waals surface area contributed by atoms with Crippen molar-refractivity contribution < 1.29 is 0 Å². The first-order valence-corrected chi connectivity index (χ1v) is 8.40. The zero-order chi connectivity index (χ0) is 14.1. The fourth-order valence-electron chi connectivity index (χ4n) is 3.73. The molecule has 21 heavy (non-hydrogen) atoms. The van der Waals surface area contributed by atoms with Gasteiger partial charge in [0.05, 0.1) is 0 Å². The third-order valence-corrected chi connectivity index (χ3v) is 5.08. The highest BCUT2D eigenvalue weighted by Gasteiger charge is 2.35. The molecular formula is C16H25N5. The Morgan fingerprint density at radius 1 is 0.905 bits per heavy atom. The van der Waals surface area contributed by atoms with Gasteiger partial charge in [0.2, 0.25) is 5.95 Å². The first-order valence-electron chi connectivity index (χ1n) is 8.40. The molecule has 3 heterocycles. The van der Waals surface area contributed by atoms with Gasteiger partial charge in [0, 0.05) is 56.7 Å². The predicted octanol–water partition coefficient (Wildman–Crippen LogP) is 1.27. The average Bonchev–Trinajstić information content (AvgIpc) is 3.29. The number of likely N-dealkylation sites (tertiary alicyclic amines) is 1. The van der Waals surface area contributed by atoms with E-state index in [0.29, 0.717) is 6.04 Å². The molecule has 1 atom stereocenters. The first kappa shape index (κ1) is 13.5. The maximum Gasteiger partial charge on any atom is 0.225 e. The molecule has 2 aliphatic heterocycles. The zero-order valence-corrected chi connectivity index (χ0v) is 12.6. The number of piperidine rings is 1. The molecule has 1 saturated carbocycles. The molecule has 3 fully saturated rings. The van der Waals surface area contributed by atoms with Crippen molar-refractivity contribution in [2.45, 2.75) is 50.2 Å². The van der Waals surface area contributed by atoms with Gasteiger partial charge in [0.15, 0.2) is 0 Å². The summed E-state index contributed by atoms with van der Waals surface area (Å²) >= 11 is 0. The van der Waals surface area contributed by atoms with E-state index in [1.165, 1.54) is 45.2 Å². The van der Waals surface area contributed by atoms with Gasteiger partial charge in [-0.1, -0.05) is 0 Å². The number of hydrogen-bond acceptors (Lipinski definition) is 5. The number of rotatable bonds is 4. The lowest BCUT2D eigenvalue weighted by Gasteiger charge is -2.33. The van der Waals surface area contributed by atoms with Crippen molar-refractivity contribution in [1.82, 2.24) is 20.2 Å². The van der Waals surface area contributed by atoms with Crippen LogP contribution in [-0.2, 0) is 0 Å². The Labute approximate surface area is 126 Å². The van der Waals surface area contributed by atoms with Crippen molar-refractivity contribution in [3.8, 4) is 0 Å². The Morgan fingerprint density at radius 3 is 2.33 bits per heavy atom. The zero-order valence-electron chi connectivity index (χ0n) is 12.6. The maximum atomic E-state index is 4.35. The highest BCUT2D eigenvalue weighted by atomic mass is 15.3. The predicted molar refractivity (Wildman–Crippen MR) is 83.4 cm³/mol. The molecule has 1 N–H and O–H groups in total. The van der Waals surface area contributed by atoms with Crippen LogP contribution in [0.3, 0.4) is 0 Å². The number of aromatic nitrogens is 2. The van der Waals surface area contributed by atoms with Gasteiger partial charge in [-0.2, -0.15) is 0 Å². The molecule has 2 saturated heterocycles. The Kier molecular flexibility index (Phi) is 3.78. The molecule has 1 aliphatic carbocycles. The lowest BCUT2D eigenvalue weighted by molar-refractivity contribution is 0.304. The molecule has 1 unspecified atom stereocenters. The normalized spacial score (nSPS) is 28.2. The molecule has 0 aromatic carbocycles. The largest absolute Gasteiger partial charge is 0.341 e. The highest BCUT2D eigenvalue weighted by Crippen LogP contribution is 2.30. The lowest BCUT2D eigenvalue weighted by atomic mass is 10.0. The topological polar surface area (TPSA) is 44.3 Å². The monoisotopic (exact) mass is 287 g/mol. The van der Waals surface area contributed by atoms with E-state index >= 15 is 0 Å². The standard InChI is InChI=1S/C16H25N5/c1-7-17-16(18-8-1)20-9-4-13(5-10-20)19-14-6-11-21(12-14)15-2-3-15/h1,7-8,13-15,19H,2-6,9-12H2. The van der Waals surface area contributed by atoms with Crippen molar-refractivity contribution in [3.05, 3.63) is 18.5 Å². The second-order valence-electron chi connectivity index (χ2n) is 6.69. The minimum atomic E-state index is 0.675. The Hall–Kier alpha value is -1.20. The molecule has 0 bridgehead atoms. The van der Waals surface area contributed by atoms with Crippen molar-refractivity contribution >= 4 is 5.95 Å². The van der Waals surface area contributed by atoms with E-state index in [1.807, 2.05) is 18.5 Å². The molecule has 0 radical (unpaired) electrons. The smallest absolute Gasteiger partial charge is 0.225 e. The van der Waals surface area contributed by atoms with Crippen molar-refractivity contribution in [2.75, 3.05) is 31.1 Å². The molecule has 3 aliphatic rings. The van der Waals surface area contributed by atoms with Gasteiger partial charge in [0.25, 0.3) is 0 Å². The van der Waals surface area contributed by atoms with E-state index in [0.717, 1.165) is 31.1 Å². The summed E-state index contributed by atoms with van der Waals surface area (Å²) in [5.41, 5.74) is 0. The molecule has 5 nitrogen and oxygen atoms in total. The molecule has 114 valence electrons. The van der Waals surface area contributed by atoms with Gasteiger partial charge >= 0.3 is 0 Å². The summed E-state index contributed by atoms with van der Waals surface area (Å²) < 4.78 is 0. The van der Waals surface area contributed by atoms with Gasteiger partial charge < -0.3 is 10.2 Å². The summed E-state index contributed by atoms with van der Waals surface area (Å²) in [4.78, 5) is 13.7. The average molecular weight is 287 g/mol. The van der Waals surface area contributed by atoms with Crippen LogP contribution < -0.4 is 10.2 Å². The van der Waals surface area contributed by atoms with Crippen LogP contribution in [0.4, 0.5) is 5.95 Å². The first-order chi connectivity index (χ1) is 10.4. The number of anilines is 1. The lowest BCUT2D eigenvalue weighted by Crippen LogP contribution is -2.47. The van der Waals surface area contributed by atoms with Crippen molar-refractivity contribution in [1.29, 1.82) is 0 Å². The second-order valence-corrected chi connectivity index (χ2v) is 6.69. The summed E-state index contributed by atoms with van der Waals surface area (Å²) in [5, 5.41) is 3.89. The quantitative estimate of drug-likeness (QED) is 0.903. The number of nitrogens with one attached hydrogen (secondary N) is 1. The number of nitrogens with zero attached hydrogens (tertiary/aromatic N) is 4. The van der Waals surface area contributed by atoms with E-state index in [4.69, 9.17) is 0 Å². The van der Waals surface area contributed by atoms with Gasteiger partial charge in [-0.25, -0.2) is 9.97 Å². The molecule has 0 spiro atoms. The van der Waals surface area contributed by atoms with Gasteiger partial charge in [-0.05, 0) is 38.2 Å². The summed E-state index contributed by atoms with van der Waals surface area (Å²) in [6.07, 6.45) is 10.3. The molecule has 4 rings (SSSR count). The van der Waals surface area contributed by atoms with Gasteiger partial charge in [-0.15, -0.1) is 0 Å². The molecule has 5 heteroatoms. The Bertz CT molecular complexity index is 453. The van der Waals surface area contributed by atoms with E-state index < -0.39 is 0 Å². The van der Waals surface area contributed by atoms with Crippen LogP contribution in [0, 0.1) is 0 Å². The summed E-state index contributed by atoms with van der Waals surface area (Å²) in [7, 11) is 0.